The highest BCUT2D eigenvalue weighted by molar-refractivity contribution is 5.19. The maximum absolute atomic E-state index is 12.9. The van der Waals surface area contributed by atoms with Gasteiger partial charge in [-0.3, -0.25) is 0 Å². The summed E-state index contributed by atoms with van der Waals surface area (Å²) in [6.45, 7) is 9.23. The maximum Gasteiger partial charge on any atom is 0.123 e. The first-order valence-corrected chi connectivity index (χ1v) is 7.37. The Kier molecular flexibility index (Phi) is 4.29. The standard InChI is InChI=1S/C17H26FN/c1-12-9-16(11-17(3,4)10-12)19-13(2)14-5-7-15(18)8-6-14/h5-8,12-13,16,19H,9-11H2,1-4H3. The van der Waals surface area contributed by atoms with Crippen LogP contribution in [-0.2, 0) is 0 Å². The van der Waals surface area contributed by atoms with Gasteiger partial charge in [0.05, 0.1) is 0 Å². The zero-order chi connectivity index (χ0) is 14.0. The zero-order valence-electron chi connectivity index (χ0n) is 12.5. The van der Waals surface area contributed by atoms with E-state index in [0.29, 0.717) is 11.5 Å². The summed E-state index contributed by atoms with van der Waals surface area (Å²) in [7, 11) is 0. The van der Waals surface area contributed by atoms with Crippen molar-refractivity contribution in [3.63, 3.8) is 0 Å². The van der Waals surface area contributed by atoms with E-state index in [1.807, 2.05) is 12.1 Å². The van der Waals surface area contributed by atoms with Crippen LogP contribution in [0.15, 0.2) is 24.3 Å². The Hall–Kier alpha value is -0.890. The van der Waals surface area contributed by atoms with E-state index in [2.05, 4.69) is 33.0 Å². The molecule has 1 aliphatic carbocycles. The normalized spacial score (nSPS) is 28.1. The Labute approximate surface area is 116 Å². The molecule has 2 heteroatoms. The average Bonchev–Trinajstić information content (AvgIpc) is 2.26. The highest BCUT2D eigenvalue weighted by Gasteiger charge is 2.32. The zero-order valence-corrected chi connectivity index (χ0v) is 12.5. The molecule has 1 aromatic rings. The molecule has 0 heterocycles. The Morgan fingerprint density at radius 3 is 2.42 bits per heavy atom. The van der Waals surface area contributed by atoms with Crippen molar-refractivity contribution in [3.8, 4) is 0 Å². The molecule has 2 rings (SSSR count). The summed E-state index contributed by atoms with van der Waals surface area (Å²) in [5, 5.41) is 3.72. The molecule has 1 N–H and O–H groups in total. The van der Waals surface area contributed by atoms with E-state index in [4.69, 9.17) is 0 Å². The molecule has 0 saturated heterocycles. The summed E-state index contributed by atoms with van der Waals surface area (Å²) in [6.07, 6.45) is 3.79. The van der Waals surface area contributed by atoms with Crippen molar-refractivity contribution in [2.75, 3.05) is 0 Å². The molecular weight excluding hydrogens is 237 g/mol. The molecule has 1 saturated carbocycles. The second-order valence-corrected chi connectivity index (χ2v) is 7.05. The molecule has 0 radical (unpaired) electrons. The maximum atomic E-state index is 12.9. The number of halogens is 1. The molecular formula is C17H26FN. The van der Waals surface area contributed by atoms with Crippen LogP contribution in [0.3, 0.4) is 0 Å². The lowest BCUT2D eigenvalue weighted by Gasteiger charge is -2.40. The Balaban J connectivity index is 1.98. The number of benzene rings is 1. The molecule has 0 spiro atoms. The van der Waals surface area contributed by atoms with E-state index in [1.165, 1.54) is 19.3 Å². The van der Waals surface area contributed by atoms with Gasteiger partial charge in [0, 0.05) is 12.1 Å². The van der Waals surface area contributed by atoms with Crippen LogP contribution >= 0.6 is 0 Å². The third-order valence-electron chi connectivity index (χ3n) is 4.24. The number of hydrogen-bond acceptors (Lipinski definition) is 1. The van der Waals surface area contributed by atoms with Crippen LogP contribution in [0.25, 0.3) is 0 Å². The van der Waals surface area contributed by atoms with Crippen molar-refractivity contribution >= 4 is 0 Å². The molecule has 0 amide bonds. The van der Waals surface area contributed by atoms with Crippen molar-refractivity contribution in [1.82, 2.24) is 5.32 Å². The van der Waals surface area contributed by atoms with Crippen LogP contribution in [0, 0.1) is 17.2 Å². The van der Waals surface area contributed by atoms with Gasteiger partial charge >= 0.3 is 0 Å². The molecule has 106 valence electrons. The fraction of sp³-hybridized carbons (Fsp3) is 0.647. The van der Waals surface area contributed by atoms with Crippen LogP contribution < -0.4 is 5.32 Å². The first kappa shape index (κ1) is 14.5. The van der Waals surface area contributed by atoms with Crippen molar-refractivity contribution in [2.45, 2.75) is 59.0 Å². The Morgan fingerprint density at radius 2 is 1.84 bits per heavy atom. The third-order valence-corrected chi connectivity index (χ3v) is 4.24. The monoisotopic (exact) mass is 263 g/mol. The van der Waals surface area contributed by atoms with Gasteiger partial charge in [0.1, 0.15) is 5.82 Å². The molecule has 1 aromatic carbocycles. The third kappa shape index (κ3) is 4.04. The van der Waals surface area contributed by atoms with Gasteiger partial charge in [0.15, 0.2) is 0 Å². The highest BCUT2D eigenvalue weighted by atomic mass is 19.1. The molecule has 3 unspecified atom stereocenters. The van der Waals surface area contributed by atoms with E-state index in [9.17, 15) is 4.39 Å². The Morgan fingerprint density at radius 1 is 1.21 bits per heavy atom. The van der Waals surface area contributed by atoms with Crippen molar-refractivity contribution in [1.29, 1.82) is 0 Å². The van der Waals surface area contributed by atoms with Gasteiger partial charge in [0.25, 0.3) is 0 Å². The predicted octanol–water partition coefficient (Wildman–Crippen LogP) is 4.69. The van der Waals surface area contributed by atoms with Crippen LogP contribution in [0.4, 0.5) is 4.39 Å². The van der Waals surface area contributed by atoms with Gasteiger partial charge in [-0.1, -0.05) is 32.9 Å². The summed E-state index contributed by atoms with van der Waals surface area (Å²) in [5.74, 6) is 0.616. The van der Waals surface area contributed by atoms with Crippen LogP contribution in [-0.4, -0.2) is 6.04 Å². The number of rotatable bonds is 3. The number of hydrogen-bond donors (Lipinski definition) is 1. The molecule has 1 fully saturated rings. The molecule has 0 bridgehead atoms. The topological polar surface area (TPSA) is 12.0 Å². The Bertz CT molecular complexity index is 410. The molecule has 1 aliphatic rings. The van der Waals surface area contributed by atoms with Gasteiger partial charge in [-0.2, -0.15) is 0 Å². The van der Waals surface area contributed by atoms with E-state index in [0.717, 1.165) is 11.5 Å². The lowest BCUT2D eigenvalue weighted by molar-refractivity contribution is 0.145. The van der Waals surface area contributed by atoms with Gasteiger partial charge in [-0.15, -0.1) is 0 Å². The van der Waals surface area contributed by atoms with Gasteiger partial charge in [-0.05, 0) is 55.2 Å². The van der Waals surface area contributed by atoms with Crippen molar-refractivity contribution < 1.29 is 4.39 Å². The molecule has 0 aliphatic heterocycles. The van der Waals surface area contributed by atoms with Crippen LogP contribution in [0.5, 0.6) is 0 Å². The average molecular weight is 263 g/mol. The van der Waals surface area contributed by atoms with Crippen LogP contribution in [0.1, 0.15) is 58.6 Å². The van der Waals surface area contributed by atoms with Gasteiger partial charge < -0.3 is 5.32 Å². The second kappa shape index (κ2) is 5.62. The first-order valence-electron chi connectivity index (χ1n) is 7.37. The number of nitrogens with one attached hydrogen (secondary N) is 1. The minimum atomic E-state index is -0.164. The summed E-state index contributed by atoms with van der Waals surface area (Å²) < 4.78 is 12.9. The summed E-state index contributed by atoms with van der Waals surface area (Å²) in [5.41, 5.74) is 1.59. The quantitative estimate of drug-likeness (QED) is 0.834. The predicted molar refractivity (Wildman–Crippen MR) is 78.5 cm³/mol. The molecule has 0 aromatic heterocycles. The van der Waals surface area contributed by atoms with E-state index in [1.54, 1.807) is 12.1 Å². The minimum absolute atomic E-state index is 0.164. The van der Waals surface area contributed by atoms with E-state index in [-0.39, 0.29) is 11.9 Å². The summed E-state index contributed by atoms with van der Waals surface area (Å²) in [4.78, 5) is 0. The molecule has 19 heavy (non-hydrogen) atoms. The highest BCUT2D eigenvalue weighted by Crippen LogP contribution is 2.39. The van der Waals surface area contributed by atoms with Crippen molar-refractivity contribution in [3.05, 3.63) is 35.6 Å². The lowest BCUT2D eigenvalue weighted by atomic mass is 9.70. The van der Waals surface area contributed by atoms with Gasteiger partial charge in [0.2, 0.25) is 0 Å². The van der Waals surface area contributed by atoms with E-state index < -0.39 is 0 Å². The molecule has 3 atom stereocenters. The SMILES string of the molecule is CC1CC(NC(C)c2ccc(F)cc2)CC(C)(C)C1. The van der Waals surface area contributed by atoms with Crippen molar-refractivity contribution in [2.24, 2.45) is 11.3 Å². The minimum Gasteiger partial charge on any atom is -0.307 e. The largest absolute Gasteiger partial charge is 0.307 e. The van der Waals surface area contributed by atoms with Gasteiger partial charge in [-0.25, -0.2) is 4.39 Å². The first-order chi connectivity index (χ1) is 8.85. The van der Waals surface area contributed by atoms with Crippen LogP contribution in [0.2, 0.25) is 0 Å². The molecule has 1 nitrogen and oxygen atoms in total. The smallest absolute Gasteiger partial charge is 0.123 e. The fourth-order valence-electron chi connectivity index (χ4n) is 3.67. The fourth-order valence-corrected chi connectivity index (χ4v) is 3.67. The second-order valence-electron chi connectivity index (χ2n) is 7.05. The lowest BCUT2D eigenvalue weighted by Crippen LogP contribution is -2.41. The summed E-state index contributed by atoms with van der Waals surface area (Å²) >= 11 is 0. The van der Waals surface area contributed by atoms with E-state index >= 15 is 0 Å². The summed E-state index contributed by atoms with van der Waals surface area (Å²) in [6, 6.07) is 7.70.